The molecule has 0 fully saturated rings. The highest BCUT2D eigenvalue weighted by atomic mass is 19.1. The molecule has 100 valence electrons. The number of nitrogens with two attached hydrogens (primary N) is 1. The zero-order valence-electron chi connectivity index (χ0n) is 10.5. The molecular formula is C13H14F2N4. The lowest BCUT2D eigenvalue weighted by Crippen LogP contribution is -2.05. The third kappa shape index (κ3) is 3.15. The number of hydrogen-bond acceptors (Lipinski definition) is 4. The second-order valence-electron chi connectivity index (χ2n) is 4.07. The molecule has 1 aromatic heterocycles. The number of aryl methyl sites for hydroxylation is 1. The molecule has 0 aliphatic heterocycles. The molecule has 0 saturated carbocycles. The molecule has 0 saturated heterocycles. The third-order valence-electron chi connectivity index (χ3n) is 2.48. The van der Waals surface area contributed by atoms with Crippen LogP contribution in [0.1, 0.15) is 19.2 Å². The minimum absolute atomic E-state index is 0.247. The zero-order chi connectivity index (χ0) is 13.8. The number of rotatable bonds is 4. The van der Waals surface area contributed by atoms with Crippen molar-refractivity contribution in [2.75, 3.05) is 11.1 Å². The normalized spacial score (nSPS) is 10.5. The lowest BCUT2D eigenvalue weighted by molar-refractivity contribution is 0.590. The van der Waals surface area contributed by atoms with Crippen LogP contribution in [0.2, 0.25) is 0 Å². The number of para-hydroxylation sites is 1. The van der Waals surface area contributed by atoms with Crippen LogP contribution >= 0.6 is 0 Å². The first kappa shape index (κ1) is 13.2. The number of halogens is 2. The quantitative estimate of drug-likeness (QED) is 0.891. The minimum atomic E-state index is -0.686. The number of anilines is 3. The van der Waals surface area contributed by atoms with Gasteiger partial charge < -0.3 is 11.1 Å². The molecular weight excluding hydrogens is 250 g/mol. The molecule has 0 aliphatic rings. The Bertz CT molecular complexity index is 567. The van der Waals surface area contributed by atoms with E-state index in [-0.39, 0.29) is 17.3 Å². The lowest BCUT2D eigenvalue weighted by atomic mass is 10.3. The Balaban J connectivity index is 2.33. The van der Waals surface area contributed by atoms with Gasteiger partial charge in [0.05, 0.1) is 0 Å². The van der Waals surface area contributed by atoms with Crippen molar-refractivity contribution in [1.29, 1.82) is 0 Å². The van der Waals surface area contributed by atoms with E-state index < -0.39 is 11.6 Å². The van der Waals surface area contributed by atoms with Crippen molar-refractivity contribution in [2.45, 2.75) is 19.8 Å². The van der Waals surface area contributed by atoms with Crippen LogP contribution < -0.4 is 11.1 Å². The van der Waals surface area contributed by atoms with E-state index in [1.807, 2.05) is 6.92 Å². The van der Waals surface area contributed by atoms with Crippen LogP contribution in [0.25, 0.3) is 0 Å². The summed E-state index contributed by atoms with van der Waals surface area (Å²) in [5, 5.41) is 2.60. The third-order valence-corrected chi connectivity index (χ3v) is 2.48. The molecule has 0 unspecified atom stereocenters. The van der Waals surface area contributed by atoms with E-state index >= 15 is 0 Å². The summed E-state index contributed by atoms with van der Waals surface area (Å²) in [5.74, 6) is -0.289. The van der Waals surface area contributed by atoms with Crippen LogP contribution in [0.4, 0.5) is 26.1 Å². The van der Waals surface area contributed by atoms with E-state index in [2.05, 4.69) is 15.3 Å². The van der Waals surface area contributed by atoms with Gasteiger partial charge in [-0.25, -0.2) is 18.7 Å². The van der Waals surface area contributed by atoms with E-state index in [4.69, 9.17) is 5.73 Å². The van der Waals surface area contributed by atoms with E-state index in [1.165, 1.54) is 24.3 Å². The van der Waals surface area contributed by atoms with Gasteiger partial charge in [-0.05, 0) is 18.6 Å². The maximum absolute atomic E-state index is 13.5. The first-order chi connectivity index (χ1) is 9.10. The molecule has 0 aliphatic carbocycles. The number of hydrogen-bond donors (Lipinski definition) is 2. The van der Waals surface area contributed by atoms with Gasteiger partial charge in [-0.3, -0.25) is 0 Å². The van der Waals surface area contributed by atoms with Gasteiger partial charge in [-0.15, -0.1) is 0 Å². The van der Waals surface area contributed by atoms with Crippen molar-refractivity contribution in [1.82, 2.24) is 9.97 Å². The van der Waals surface area contributed by atoms with Crippen LogP contribution in [-0.2, 0) is 6.42 Å². The van der Waals surface area contributed by atoms with E-state index in [0.717, 1.165) is 6.42 Å². The summed E-state index contributed by atoms with van der Waals surface area (Å²) in [6.45, 7) is 1.98. The van der Waals surface area contributed by atoms with Crippen LogP contribution in [0.15, 0.2) is 24.3 Å². The molecule has 0 spiro atoms. The molecule has 2 aromatic rings. The summed E-state index contributed by atoms with van der Waals surface area (Å²) < 4.78 is 27.0. The predicted octanol–water partition coefficient (Wildman–Crippen LogP) is 3.03. The predicted molar refractivity (Wildman–Crippen MR) is 70.1 cm³/mol. The highest BCUT2D eigenvalue weighted by Gasteiger charge is 2.10. The fourth-order valence-electron chi connectivity index (χ4n) is 1.66. The fourth-order valence-corrected chi connectivity index (χ4v) is 1.66. The molecule has 6 heteroatoms. The van der Waals surface area contributed by atoms with Gasteiger partial charge in [0.25, 0.3) is 0 Å². The van der Waals surface area contributed by atoms with Gasteiger partial charge in [-0.1, -0.05) is 13.0 Å². The zero-order valence-corrected chi connectivity index (χ0v) is 10.5. The van der Waals surface area contributed by atoms with Crippen molar-refractivity contribution >= 4 is 17.3 Å². The number of benzene rings is 1. The topological polar surface area (TPSA) is 63.8 Å². The summed E-state index contributed by atoms with van der Waals surface area (Å²) in [6.07, 6.45) is 1.51. The maximum Gasteiger partial charge on any atom is 0.149 e. The monoisotopic (exact) mass is 264 g/mol. The Morgan fingerprint density at radius 3 is 2.53 bits per heavy atom. The highest BCUT2D eigenvalue weighted by Crippen LogP contribution is 2.22. The molecule has 0 radical (unpaired) electrons. The second kappa shape index (κ2) is 5.60. The van der Waals surface area contributed by atoms with Crippen LogP contribution in [-0.4, -0.2) is 9.97 Å². The van der Waals surface area contributed by atoms with Crippen LogP contribution in [0, 0.1) is 11.6 Å². The average molecular weight is 264 g/mol. The van der Waals surface area contributed by atoms with Crippen molar-refractivity contribution in [3.05, 3.63) is 41.7 Å². The summed E-state index contributed by atoms with van der Waals surface area (Å²) in [5.41, 5.74) is 5.39. The van der Waals surface area contributed by atoms with Crippen LogP contribution in [0.5, 0.6) is 0 Å². The summed E-state index contributed by atoms with van der Waals surface area (Å²) in [6, 6.07) is 5.07. The van der Waals surface area contributed by atoms with E-state index in [9.17, 15) is 8.78 Å². The number of nitrogens with one attached hydrogen (secondary N) is 1. The van der Waals surface area contributed by atoms with Crippen molar-refractivity contribution in [2.24, 2.45) is 0 Å². The van der Waals surface area contributed by atoms with Gasteiger partial charge in [0, 0.05) is 12.5 Å². The molecule has 19 heavy (non-hydrogen) atoms. The Morgan fingerprint density at radius 1 is 1.21 bits per heavy atom. The van der Waals surface area contributed by atoms with Gasteiger partial charge in [0.15, 0.2) is 0 Å². The molecule has 0 atom stereocenters. The number of nitrogens with zero attached hydrogens (tertiary/aromatic N) is 2. The summed E-state index contributed by atoms with van der Waals surface area (Å²) in [7, 11) is 0. The van der Waals surface area contributed by atoms with Crippen molar-refractivity contribution in [3.8, 4) is 0 Å². The largest absolute Gasteiger partial charge is 0.384 e. The molecule has 2 rings (SSSR count). The first-order valence-electron chi connectivity index (χ1n) is 5.94. The minimum Gasteiger partial charge on any atom is -0.384 e. The molecule has 0 amide bonds. The van der Waals surface area contributed by atoms with Gasteiger partial charge in [0.1, 0.15) is 34.8 Å². The maximum atomic E-state index is 13.5. The highest BCUT2D eigenvalue weighted by molar-refractivity contribution is 5.59. The molecule has 3 N–H and O–H groups in total. The average Bonchev–Trinajstić information content (AvgIpc) is 2.34. The second-order valence-corrected chi connectivity index (χ2v) is 4.07. The Hall–Kier alpha value is -2.24. The SMILES string of the molecule is CCCc1nc(N)cc(Nc2c(F)cccc2F)n1. The van der Waals surface area contributed by atoms with Crippen molar-refractivity contribution in [3.63, 3.8) is 0 Å². The molecule has 4 nitrogen and oxygen atoms in total. The Kier molecular flexibility index (Phi) is 3.89. The number of nitrogen functional groups attached to an aromatic ring is 1. The molecule has 1 aromatic carbocycles. The number of aromatic nitrogens is 2. The van der Waals surface area contributed by atoms with Crippen LogP contribution in [0.3, 0.4) is 0 Å². The standard InChI is InChI=1S/C13H14F2N4/c1-2-4-11-17-10(16)7-12(18-11)19-13-8(14)5-3-6-9(13)15/h3,5-7H,2,4H2,1H3,(H3,16,17,18,19). The molecule has 0 bridgehead atoms. The smallest absolute Gasteiger partial charge is 0.149 e. The Morgan fingerprint density at radius 2 is 1.89 bits per heavy atom. The fraction of sp³-hybridized carbons (Fsp3) is 0.231. The Labute approximate surface area is 109 Å². The van der Waals surface area contributed by atoms with Gasteiger partial charge in [0.2, 0.25) is 0 Å². The van der Waals surface area contributed by atoms with E-state index in [0.29, 0.717) is 12.2 Å². The summed E-state index contributed by atoms with van der Waals surface area (Å²) in [4.78, 5) is 8.21. The lowest BCUT2D eigenvalue weighted by Gasteiger charge is -2.09. The van der Waals surface area contributed by atoms with Gasteiger partial charge in [-0.2, -0.15) is 0 Å². The summed E-state index contributed by atoms with van der Waals surface area (Å²) >= 11 is 0. The molecule has 1 heterocycles. The van der Waals surface area contributed by atoms with Gasteiger partial charge >= 0.3 is 0 Å². The van der Waals surface area contributed by atoms with E-state index in [1.54, 1.807) is 0 Å². The van der Waals surface area contributed by atoms with Crippen molar-refractivity contribution < 1.29 is 8.78 Å². The first-order valence-corrected chi connectivity index (χ1v) is 5.94.